The average Bonchev–Trinajstić information content (AvgIpc) is 2.38. The molecule has 0 atom stereocenters. The Labute approximate surface area is 119 Å². The third kappa shape index (κ3) is 4.47. The molecule has 6 nitrogen and oxygen atoms in total. The van der Waals surface area contributed by atoms with E-state index in [-0.39, 0.29) is 5.28 Å². The van der Waals surface area contributed by atoms with Crippen LogP contribution < -0.4 is 10.6 Å². The average molecular weight is 285 g/mol. The summed E-state index contributed by atoms with van der Waals surface area (Å²) in [6.45, 7) is 5.11. The van der Waals surface area contributed by atoms with Gasteiger partial charge in [-0.25, -0.2) is 0 Å². The van der Waals surface area contributed by atoms with Crippen LogP contribution in [0, 0.1) is 0 Å². The van der Waals surface area contributed by atoms with Gasteiger partial charge in [0.2, 0.25) is 17.2 Å². The number of likely N-dealkylation sites (tertiary alicyclic amines) is 1. The standard InChI is InChI=1S/C12H21ClN6/c1-3-6-14-11-16-10(13)17-12(18-11)15-9-4-7-19(2)8-5-9/h9H,3-8H2,1-2H3,(H2,14,15,16,17,18). The fourth-order valence-corrected chi connectivity index (χ4v) is 2.23. The Balaban J connectivity index is 1.97. The molecular weight excluding hydrogens is 264 g/mol. The summed E-state index contributed by atoms with van der Waals surface area (Å²) in [6.07, 6.45) is 3.20. The van der Waals surface area contributed by atoms with Gasteiger partial charge in [0.1, 0.15) is 0 Å². The lowest BCUT2D eigenvalue weighted by atomic mass is 10.1. The Morgan fingerprint density at radius 1 is 1.21 bits per heavy atom. The van der Waals surface area contributed by atoms with E-state index in [0.29, 0.717) is 17.9 Å². The van der Waals surface area contributed by atoms with Crippen molar-refractivity contribution in [2.45, 2.75) is 32.2 Å². The van der Waals surface area contributed by atoms with Crippen LogP contribution in [-0.2, 0) is 0 Å². The fourth-order valence-electron chi connectivity index (χ4n) is 2.07. The normalized spacial score (nSPS) is 17.4. The molecule has 106 valence electrons. The van der Waals surface area contributed by atoms with E-state index in [4.69, 9.17) is 11.6 Å². The van der Waals surface area contributed by atoms with Crippen LogP contribution in [0.25, 0.3) is 0 Å². The van der Waals surface area contributed by atoms with E-state index in [2.05, 4.69) is 44.5 Å². The van der Waals surface area contributed by atoms with Gasteiger partial charge in [-0.1, -0.05) is 6.92 Å². The number of nitrogens with one attached hydrogen (secondary N) is 2. The summed E-state index contributed by atoms with van der Waals surface area (Å²) in [5, 5.41) is 6.70. The first kappa shape index (κ1) is 14.3. The molecule has 7 heteroatoms. The maximum atomic E-state index is 5.92. The van der Waals surface area contributed by atoms with Crippen LogP contribution in [0.5, 0.6) is 0 Å². The van der Waals surface area contributed by atoms with Crippen LogP contribution in [0.3, 0.4) is 0 Å². The lowest BCUT2D eigenvalue weighted by molar-refractivity contribution is 0.263. The third-order valence-corrected chi connectivity index (χ3v) is 3.36. The van der Waals surface area contributed by atoms with Gasteiger partial charge < -0.3 is 15.5 Å². The van der Waals surface area contributed by atoms with E-state index >= 15 is 0 Å². The zero-order chi connectivity index (χ0) is 13.7. The minimum Gasteiger partial charge on any atom is -0.354 e. The first-order valence-corrected chi connectivity index (χ1v) is 7.15. The van der Waals surface area contributed by atoms with E-state index in [1.54, 1.807) is 0 Å². The van der Waals surface area contributed by atoms with Gasteiger partial charge in [-0.15, -0.1) is 0 Å². The number of nitrogens with zero attached hydrogens (tertiary/aromatic N) is 4. The van der Waals surface area contributed by atoms with Crippen LogP contribution in [0.15, 0.2) is 0 Å². The van der Waals surface area contributed by atoms with Gasteiger partial charge >= 0.3 is 0 Å². The number of hydrogen-bond donors (Lipinski definition) is 2. The summed E-state index contributed by atoms with van der Waals surface area (Å²) in [5.41, 5.74) is 0. The molecule has 1 aliphatic rings. The maximum Gasteiger partial charge on any atom is 0.229 e. The molecule has 2 N–H and O–H groups in total. The van der Waals surface area contributed by atoms with Crippen LogP contribution in [0.2, 0.25) is 5.28 Å². The van der Waals surface area contributed by atoms with E-state index in [1.165, 1.54) is 0 Å². The minimum absolute atomic E-state index is 0.226. The van der Waals surface area contributed by atoms with Crippen molar-refractivity contribution in [2.75, 3.05) is 37.3 Å². The quantitative estimate of drug-likeness (QED) is 0.860. The number of anilines is 2. The van der Waals surface area contributed by atoms with E-state index in [1.807, 2.05) is 0 Å². The monoisotopic (exact) mass is 284 g/mol. The van der Waals surface area contributed by atoms with Crippen molar-refractivity contribution >= 4 is 23.5 Å². The summed E-state index contributed by atoms with van der Waals surface area (Å²) >= 11 is 5.92. The number of piperidine rings is 1. The molecule has 0 radical (unpaired) electrons. The molecule has 0 saturated carbocycles. The van der Waals surface area contributed by atoms with Crippen molar-refractivity contribution in [1.29, 1.82) is 0 Å². The highest BCUT2D eigenvalue weighted by Crippen LogP contribution is 2.15. The highest BCUT2D eigenvalue weighted by atomic mass is 35.5. The highest BCUT2D eigenvalue weighted by molar-refractivity contribution is 6.28. The Morgan fingerprint density at radius 3 is 2.58 bits per heavy atom. The van der Waals surface area contributed by atoms with Crippen LogP contribution in [0.1, 0.15) is 26.2 Å². The van der Waals surface area contributed by atoms with Gasteiger partial charge in [0.05, 0.1) is 0 Å². The summed E-state index contributed by atoms with van der Waals surface area (Å²) in [6, 6.07) is 0.411. The molecule has 2 heterocycles. The molecule has 1 fully saturated rings. The molecule has 0 bridgehead atoms. The largest absolute Gasteiger partial charge is 0.354 e. The SMILES string of the molecule is CCCNc1nc(Cl)nc(NC2CCN(C)CC2)n1. The van der Waals surface area contributed by atoms with Crippen LogP contribution >= 0.6 is 11.6 Å². The predicted octanol–water partition coefficient (Wildman–Crippen LogP) is 1.85. The smallest absolute Gasteiger partial charge is 0.229 e. The van der Waals surface area contributed by atoms with Gasteiger partial charge in [0.15, 0.2) is 0 Å². The van der Waals surface area contributed by atoms with Gasteiger partial charge in [0.25, 0.3) is 0 Å². The summed E-state index contributed by atoms with van der Waals surface area (Å²) in [4.78, 5) is 14.9. The summed E-state index contributed by atoms with van der Waals surface area (Å²) in [7, 11) is 2.14. The molecule has 0 unspecified atom stereocenters. The number of aromatic nitrogens is 3. The van der Waals surface area contributed by atoms with Gasteiger partial charge in [-0.3, -0.25) is 0 Å². The number of hydrogen-bond acceptors (Lipinski definition) is 6. The summed E-state index contributed by atoms with van der Waals surface area (Å²) in [5.74, 6) is 1.10. The zero-order valence-electron chi connectivity index (χ0n) is 11.5. The van der Waals surface area contributed by atoms with Crippen molar-refractivity contribution < 1.29 is 0 Å². The molecule has 1 aromatic heterocycles. The summed E-state index contributed by atoms with van der Waals surface area (Å²) < 4.78 is 0. The van der Waals surface area contributed by atoms with Crippen LogP contribution in [0.4, 0.5) is 11.9 Å². The second-order valence-electron chi connectivity index (χ2n) is 4.90. The molecule has 0 amide bonds. The lowest BCUT2D eigenvalue weighted by Crippen LogP contribution is -2.37. The Bertz CT molecular complexity index is 405. The Hall–Kier alpha value is -1.14. The van der Waals surface area contributed by atoms with Crippen molar-refractivity contribution in [3.63, 3.8) is 0 Å². The van der Waals surface area contributed by atoms with Crippen molar-refractivity contribution in [3.8, 4) is 0 Å². The lowest BCUT2D eigenvalue weighted by Gasteiger charge is -2.29. The van der Waals surface area contributed by atoms with Gasteiger partial charge in [0, 0.05) is 12.6 Å². The van der Waals surface area contributed by atoms with E-state index in [0.717, 1.165) is 38.9 Å². The molecule has 0 spiro atoms. The number of rotatable bonds is 5. The first-order chi connectivity index (χ1) is 9.17. The minimum atomic E-state index is 0.226. The van der Waals surface area contributed by atoms with Crippen LogP contribution in [-0.4, -0.2) is 52.6 Å². The van der Waals surface area contributed by atoms with Crippen molar-refractivity contribution in [2.24, 2.45) is 0 Å². The highest BCUT2D eigenvalue weighted by Gasteiger charge is 2.17. The second-order valence-corrected chi connectivity index (χ2v) is 5.24. The van der Waals surface area contributed by atoms with Crippen molar-refractivity contribution in [1.82, 2.24) is 19.9 Å². The van der Waals surface area contributed by atoms with E-state index < -0.39 is 0 Å². The molecule has 19 heavy (non-hydrogen) atoms. The fraction of sp³-hybridized carbons (Fsp3) is 0.750. The maximum absolute atomic E-state index is 5.92. The topological polar surface area (TPSA) is 66.0 Å². The second kappa shape index (κ2) is 6.86. The molecule has 0 aliphatic carbocycles. The van der Waals surface area contributed by atoms with Crippen molar-refractivity contribution in [3.05, 3.63) is 5.28 Å². The first-order valence-electron chi connectivity index (χ1n) is 6.78. The third-order valence-electron chi connectivity index (χ3n) is 3.19. The molecule has 1 aromatic rings. The molecule has 2 rings (SSSR count). The zero-order valence-corrected chi connectivity index (χ0v) is 12.2. The van der Waals surface area contributed by atoms with E-state index in [9.17, 15) is 0 Å². The molecule has 1 saturated heterocycles. The Kier molecular flexibility index (Phi) is 5.15. The molecule has 0 aromatic carbocycles. The molecule has 1 aliphatic heterocycles. The Morgan fingerprint density at radius 2 is 1.89 bits per heavy atom. The number of halogens is 1. The molecular formula is C12H21ClN6. The van der Waals surface area contributed by atoms with Gasteiger partial charge in [-0.05, 0) is 51.0 Å². The predicted molar refractivity (Wildman–Crippen MR) is 77.8 cm³/mol. The van der Waals surface area contributed by atoms with Gasteiger partial charge in [-0.2, -0.15) is 15.0 Å².